The van der Waals surface area contributed by atoms with E-state index in [1.54, 1.807) is 23.5 Å². The molecule has 4 heteroatoms. The second kappa shape index (κ2) is 4.63. The van der Waals surface area contributed by atoms with E-state index in [0.29, 0.717) is 0 Å². The van der Waals surface area contributed by atoms with Gasteiger partial charge in [-0.25, -0.2) is 9.37 Å². The van der Waals surface area contributed by atoms with E-state index in [0.717, 1.165) is 26.5 Å². The quantitative estimate of drug-likeness (QED) is 0.695. The van der Waals surface area contributed by atoms with Crippen molar-refractivity contribution in [3.8, 4) is 10.6 Å². The fourth-order valence-electron chi connectivity index (χ4n) is 1.91. The van der Waals surface area contributed by atoms with Gasteiger partial charge in [0.2, 0.25) is 0 Å². The highest BCUT2D eigenvalue weighted by molar-refractivity contribution is 7.21. The minimum Gasteiger partial charge on any atom is -0.378 e. The normalized spacial score (nSPS) is 10.9. The Morgan fingerprint density at radius 3 is 2.47 bits per heavy atom. The van der Waals surface area contributed by atoms with Crippen molar-refractivity contribution >= 4 is 27.2 Å². The summed E-state index contributed by atoms with van der Waals surface area (Å²) in [5, 5.41) is 0.922. The van der Waals surface area contributed by atoms with Gasteiger partial charge < -0.3 is 4.90 Å². The highest BCUT2D eigenvalue weighted by Crippen LogP contribution is 2.32. The average Bonchev–Trinajstić information content (AvgIpc) is 2.82. The third kappa shape index (κ3) is 2.31. The number of anilines is 1. The van der Waals surface area contributed by atoms with Crippen molar-refractivity contribution in [2.45, 2.75) is 0 Å². The average molecular weight is 271 g/mol. The Kier molecular flexibility index (Phi) is 2.95. The van der Waals surface area contributed by atoms with Crippen molar-refractivity contribution in [2.24, 2.45) is 0 Å². The first kappa shape index (κ1) is 12.1. The smallest absolute Gasteiger partial charge is 0.124 e. The lowest BCUT2D eigenvalue weighted by atomic mass is 10.2. The van der Waals surface area contributed by atoms with Gasteiger partial charge in [0.25, 0.3) is 0 Å². The molecule has 0 saturated heterocycles. The van der Waals surface area contributed by atoms with E-state index in [1.807, 2.05) is 20.2 Å². The van der Waals surface area contributed by atoms with Crippen molar-refractivity contribution in [1.29, 1.82) is 0 Å². The molecule has 0 aliphatic carbocycles. The molecular formula is C15H13FN2S. The Balaban J connectivity index is 2.08. The molecule has 0 radical (unpaired) electrons. The molecule has 0 atom stereocenters. The van der Waals surface area contributed by atoms with Gasteiger partial charge in [0.15, 0.2) is 0 Å². The van der Waals surface area contributed by atoms with Crippen molar-refractivity contribution in [2.75, 3.05) is 19.0 Å². The van der Waals surface area contributed by atoms with Crippen molar-refractivity contribution in [1.82, 2.24) is 4.98 Å². The van der Waals surface area contributed by atoms with E-state index < -0.39 is 0 Å². The van der Waals surface area contributed by atoms with Crippen LogP contribution in [0.3, 0.4) is 0 Å². The first-order chi connectivity index (χ1) is 9.13. The topological polar surface area (TPSA) is 16.1 Å². The molecule has 0 N–H and O–H groups in total. The molecule has 0 fully saturated rings. The maximum atomic E-state index is 12.9. The minimum atomic E-state index is -0.222. The zero-order chi connectivity index (χ0) is 13.4. The van der Waals surface area contributed by atoms with Gasteiger partial charge in [0.1, 0.15) is 10.8 Å². The fourth-order valence-corrected chi connectivity index (χ4v) is 2.91. The summed E-state index contributed by atoms with van der Waals surface area (Å²) in [6.07, 6.45) is 0. The van der Waals surface area contributed by atoms with Crippen LogP contribution < -0.4 is 4.90 Å². The van der Waals surface area contributed by atoms with Crippen LogP contribution >= 0.6 is 11.3 Å². The molecule has 3 aromatic rings. The zero-order valence-corrected chi connectivity index (χ0v) is 11.5. The first-order valence-corrected chi connectivity index (χ1v) is 6.79. The standard InChI is InChI=1S/C15H13FN2S/c1-18(2)12-7-8-13-14(9-12)19-15(17-13)10-3-5-11(16)6-4-10/h3-9H,1-2H3/i16-1. The third-order valence-corrected chi connectivity index (χ3v) is 4.05. The molecule has 96 valence electrons. The summed E-state index contributed by atoms with van der Waals surface area (Å²) in [6.45, 7) is 0. The molecule has 0 amide bonds. The first-order valence-electron chi connectivity index (χ1n) is 5.97. The minimum absolute atomic E-state index is 0.222. The van der Waals surface area contributed by atoms with Crippen LogP contribution in [0.4, 0.5) is 10.1 Å². The van der Waals surface area contributed by atoms with Crippen LogP contribution in [-0.2, 0) is 0 Å². The second-order valence-electron chi connectivity index (χ2n) is 4.57. The summed E-state index contributed by atoms with van der Waals surface area (Å²) < 4.78 is 14.1. The number of benzene rings is 2. The van der Waals surface area contributed by atoms with Crippen molar-refractivity contribution in [3.63, 3.8) is 0 Å². The van der Waals surface area contributed by atoms with E-state index in [9.17, 15) is 4.39 Å². The Hall–Kier alpha value is -1.94. The van der Waals surface area contributed by atoms with Crippen molar-refractivity contribution in [3.05, 3.63) is 48.3 Å². The summed E-state index contributed by atoms with van der Waals surface area (Å²) in [4.78, 5) is 6.66. The molecule has 0 bridgehead atoms. The van der Waals surface area contributed by atoms with Gasteiger partial charge in [0, 0.05) is 25.3 Å². The van der Waals surface area contributed by atoms with Crippen LogP contribution in [0.5, 0.6) is 0 Å². The van der Waals surface area contributed by atoms with E-state index >= 15 is 0 Å². The number of aromatic nitrogens is 1. The van der Waals surface area contributed by atoms with Gasteiger partial charge >= 0.3 is 0 Å². The summed E-state index contributed by atoms with van der Waals surface area (Å²) >= 11 is 1.63. The Morgan fingerprint density at radius 1 is 1.05 bits per heavy atom. The lowest BCUT2D eigenvalue weighted by Gasteiger charge is -2.11. The predicted molar refractivity (Wildman–Crippen MR) is 79.3 cm³/mol. The summed E-state index contributed by atoms with van der Waals surface area (Å²) in [7, 11) is 4.03. The summed E-state index contributed by atoms with van der Waals surface area (Å²) in [5.74, 6) is -0.222. The molecule has 19 heavy (non-hydrogen) atoms. The van der Waals surface area contributed by atoms with Crippen LogP contribution in [0.2, 0.25) is 0 Å². The SMILES string of the molecule is CN(C)c1ccc2nc(-c3ccc([18F])cc3)sc2c1. The zero-order valence-electron chi connectivity index (χ0n) is 10.7. The van der Waals surface area contributed by atoms with E-state index in [-0.39, 0.29) is 5.82 Å². The van der Waals surface area contributed by atoms with Crippen LogP contribution in [0.1, 0.15) is 0 Å². The van der Waals surface area contributed by atoms with Gasteiger partial charge in [-0.05, 0) is 42.5 Å². The van der Waals surface area contributed by atoms with E-state index in [2.05, 4.69) is 22.0 Å². The molecule has 0 aliphatic rings. The molecule has 3 rings (SSSR count). The third-order valence-electron chi connectivity index (χ3n) is 2.98. The number of fused-ring (bicyclic) bond motifs is 1. The Labute approximate surface area is 115 Å². The number of rotatable bonds is 2. The number of thiazole rings is 1. The van der Waals surface area contributed by atoms with Crippen LogP contribution in [0, 0.1) is 5.82 Å². The Bertz CT molecular complexity index is 717. The largest absolute Gasteiger partial charge is 0.378 e. The van der Waals surface area contributed by atoms with Gasteiger partial charge in [-0.1, -0.05) is 0 Å². The summed E-state index contributed by atoms with van der Waals surface area (Å²) in [5.41, 5.74) is 3.09. The Morgan fingerprint density at radius 2 is 1.79 bits per heavy atom. The van der Waals surface area contributed by atoms with Crippen molar-refractivity contribution < 1.29 is 4.39 Å². The highest BCUT2D eigenvalue weighted by Gasteiger charge is 2.07. The van der Waals surface area contributed by atoms with Gasteiger partial charge in [0.05, 0.1) is 10.2 Å². The number of nitrogens with zero attached hydrogens (tertiary/aromatic N) is 2. The predicted octanol–water partition coefficient (Wildman–Crippen LogP) is 4.17. The van der Waals surface area contributed by atoms with Gasteiger partial charge in [-0.3, -0.25) is 0 Å². The molecule has 0 aliphatic heterocycles. The number of halogens is 1. The molecule has 1 heterocycles. The molecule has 0 spiro atoms. The van der Waals surface area contributed by atoms with Crippen LogP contribution in [-0.4, -0.2) is 19.1 Å². The molecular weight excluding hydrogens is 258 g/mol. The molecule has 2 aromatic carbocycles. The fraction of sp³-hybridized carbons (Fsp3) is 0.133. The number of hydrogen-bond donors (Lipinski definition) is 0. The maximum Gasteiger partial charge on any atom is 0.124 e. The van der Waals surface area contributed by atoms with E-state index in [4.69, 9.17) is 0 Å². The second-order valence-corrected chi connectivity index (χ2v) is 5.60. The molecule has 0 unspecified atom stereocenters. The summed E-state index contributed by atoms with van der Waals surface area (Å²) in [6, 6.07) is 12.7. The van der Waals surface area contributed by atoms with Gasteiger partial charge in [-0.15, -0.1) is 11.3 Å². The lowest BCUT2D eigenvalue weighted by Crippen LogP contribution is -2.07. The van der Waals surface area contributed by atoms with Crippen LogP contribution in [0.15, 0.2) is 42.5 Å². The van der Waals surface area contributed by atoms with Crippen LogP contribution in [0.25, 0.3) is 20.8 Å². The lowest BCUT2D eigenvalue weighted by molar-refractivity contribution is 0.628. The van der Waals surface area contributed by atoms with E-state index in [1.165, 1.54) is 12.1 Å². The molecule has 0 saturated carbocycles. The highest BCUT2D eigenvalue weighted by atomic mass is 32.1. The molecule has 2 nitrogen and oxygen atoms in total. The number of hydrogen-bond acceptors (Lipinski definition) is 3. The maximum absolute atomic E-state index is 12.9. The van der Waals surface area contributed by atoms with Gasteiger partial charge in [-0.2, -0.15) is 0 Å². The monoisotopic (exact) mass is 271 g/mol. The molecule has 1 aromatic heterocycles.